The van der Waals surface area contributed by atoms with Crippen LogP contribution in [0.2, 0.25) is 0 Å². The molecule has 5 heteroatoms. The molecule has 23 heavy (non-hydrogen) atoms. The number of anilines is 1. The molecule has 5 nitrogen and oxygen atoms in total. The van der Waals surface area contributed by atoms with Gasteiger partial charge in [0.25, 0.3) is 0 Å². The Morgan fingerprint density at radius 1 is 1.13 bits per heavy atom. The van der Waals surface area contributed by atoms with E-state index >= 15 is 0 Å². The fourth-order valence-electron chi connectivity index (χ4n) is 3.67. The number of amides is 2. The van der Waals surface area contributed by atoms with E-state index in [0.717, 1.165) is 43.3 Å². The summed E-state index contributed by atoms with van der Waals surface area (Å²) < 4.78 is 0. The number of carbonyl (C=O) groups is 2. The highest BCUT2D eigenvalue weighted by Crippen LogP contribution is 2.34. The fourth-order valence-corrected chi connectivity index (χ4v) is 3.67. The number of fused-ring (bicyclic) bond motifs is 1. The van der Waals surface area contributed by atoms with Crippen LogP contribution in [0.5, 0.6) is 0 Å². The molecular weight excluding hydrogens is 290 g/mol. The van der Waals surface area contributed by atoms with Gasteiger partial charge in [-0.15, -0.1) is 0 Å². The number of piperazine rings is 1. The Morgan fingerprint density at radius 2 is 1.87 bits per heavy atom. The number of nitrogens with one attached hydrogen (secondary N) is 1. The standard InChI is InChI=1S/C18H23N3O2/c22-17-11-15(14-3-1-2-4-16(14)19-17)18(23)21-9-7-20(8-10-21)12-13-5-6-13/h1-4,13,15H,5-12H2,(H,19,22)/t15-/m0/s1. The second-order valence-corrected chi connectivity index (χ2v) is 6.96. The molecule has 0 spiro atoms. The minimum absolute atomic E-state index is 0.0607. The largest absolute Gasteiger partial charge is 0.340 e. The first-order valence-electron chi connectivity index (χ1n) is 8.60. The molecular formula is C18H23N3O2. The van der Waals surface area contributed by atoms with E-state index in [1.807, 2.05) is 29.2 Å². The maximum atomic E-state index is 12.9. The molecule has 2 amide bonds. The molecule has 2 heterocycles. The number of carbonyl (C=O) groups excluding carboxylic acids is 2. The summed E-state index contributed by atoms with van der Waals surface area (Å²) in [5, 5.41) is 2.87. The highest BCUT2D eigenvalue weighted by Gasteiger charge is 2.35. The first kappa shape index (κ1) is 14.7. The van der Waals surface area contributed by atoms with Crippen LogP contribution < -0.4 is 5.32 Å². The van der Waals surface area contributed by atoms with Gasteiger partial charge in [0.2, 0.25) is 11.8 Å². The second-order valence-electron chi connectivity index (χ2n) is 6.96. The van der Waals surface area contributed by atoms with E-state index < -0.39 is 0 Å². The van der Waals surface area contributed by atoms with Crippen molar-refractivity contribution in [3.8, 4) is 0 Å². The van der Waals surface area contributed by atoms with Crippen LogP contribution in [0.15, 0.2) is 24.3 Å². The van der Waals surface area contributed by atoms with E-state index in [-0.39, 0.29) is 24.2 Å². The van der Waals surface area contributed by atoms with Crippen LogP contribution in [-0.4, -0.2) is 54.3 Å². The van der Waals surface area contributed by atoms with Crippen LogP contribution in [0.1, 0.15) is 30.7 Å². The van der Waals surface area contributed by atoms with Crippen LogP contribution in [0, 0.1) is 5.92 Å². The van der Waals surface area contributed by atoms with Gasteiger partial charge in [-0.2, -0.15) is 0 Å². The quantitative estimate of drug-likeness (QED) is 0.923. The van der Waals surface area contributed by atoms with E-state index in [1.165, 1.54) is 19.4 Å². The molecule has 1 atom stereocenters. The van der Waals surface area contributed by atoms with Crippen molar-refractivity contribution in [1.29, 1.82) is 0 Å². The number of hydrogen-bond acceptors (Lipinski definition) is 3. The molecule has 0 bridgehead atoms. The molecule has 0 radical (unpaired) electrons. The van der Waals surface area contributed by atoms with Crippen molar-refractivity contribution in [2.45, 2.75) is 25.2 Å². The summed E-state index contributed by atoms with van der Waals surface area (Å²) in [6.07, 6.45) is 3.00. The zero-order valence-corrected chi connectivity index (χ0v) is 13.3. The Bertz CT molecular complexity index is 618. The van der Waals surface area contributed by atoms with Gasteiger partial charge in [0.05, 0.1) is 5.92 Å². The predicted molar refractivity (Wildman–Crippen MR) is 88.2 cm³/mol. The lowest BCUT2D eigenvalue weighted by Crippen LogP contribution is -2.51. The van der Waals surface area contributed by atoms with Crippen LogP contribution >= 0.6 is 0 Å². The Kier molecular flexibility index (Phi) is 3.81. The number of nitrogens with zero attached hydrogens (tertiary/aromatic N) is 2. The van der Waals surface area contributed by atoms with E-state index in [1.54, 1.807) is 0 Å². The zero-order chi connectivity index (χ0) is 15.8. The molecule has 1 saturated carbocycles. The first-order chi connectivity index (χ1) is 11.2. The van der Waals surface area contributed by atoms with Gasteiger partial charge in [-0.3, -0.25) is 14.5 Å². The van der Waals surface area contributed by atoms with Crippen molar-refractivity contribution in [1.82, 2.24) is 9.80 Å². The lowest BCUT2D eigenvalue weighted by molar-refractivity contribution is -0.136. The topological polar surface area (TPSA) is 52.7 Å². The Morgan fingerprint density at radius 3 is 2.61 bits per heavy atom. The van der Waals surface area contributed by atoms with Gasteiger partial charge in [0.15, 0.2) is 0 Å². The molecule has 122 valence electrons. The van der Waals surface area contributed by atoms with Gasteiger partial charge in [-0.05, 0) is 30.4 Å². The molecule has 3 aliphatic rings. The summed E-state index contributed by atoms with van der Waals surface area (Å²) in [6.45, 7) is 4.68. The van der Waals surface area contributed by atoms with Gasteiger partial charge in [-0.25, -0.2) is 0 Å². The SMILES string of the molecule is O=C1C[C@H](C(=O)N2CCN(CC3CC3)CC2)c2ccccc2N1. The van der Waals surface area contributed by atoms with Gasteiger partial charge < -0.3 is 10.2 Å². The fraction of sp³-hybridized carbons (Fsp3) is 0.556. The summed E-state index contributed by atoms with van der Waals surface area (Å²) >= 11 is 0. The van der Waals surface area contributed by atoms with E-state index in [0.29, 0.717) is 0 Å². The summed E-state index contributed by atoms with van der Waals surface area (Å²) in [5.41, 5.74) is 1.74. The van der Waals surface area contributed by atoms with Gasteiger partial charge >= 0.3 is 0 Å². The van der Waals surface area contributed by atoms with Crippen LogP contribution in [0.3, 0.4) is 0 Å². The molecule has 1 N–H and O–H groups in total. The van der Waals surface area contributed by atoms with Crippen LogP contribution in [0.25, 0.3) is 0 Å². The van der Waals surface area contributed by atoms with Crippen molar-refractivity contribution in [3.63, 3.8) is 0 Å². The number of para-hydroxylation sites is 1. The van der Waals surface area contributed by atoms with Gasteiger partial charge in [-0.1, -0.05) is 18.2 Å². The molecule has 0 aromatic heterocycles. The Labute approximate surface area is 136 Å². The van der Waals surface area contributed by atoms with E-state index in [2.05, 4.69) is 10.2 Å². The van der Waals surface area contributed by atoms with Gasteiger partial charge in [0.1, 0.15) is 0 Å². The average Bonchev–Trinajstić information content (AvgIpc) is 3.38. The summed E-state index contributed by atoms with van der Waals surface area (Å²) in [5.74, 6) is 0.619. The molecule has 4 rings (SSSR count). The normalized spacial score (nSPS) is 25.0. The smallest absolute Gasteiger partial charge is 0.230 e. The predicted octanol–water partition coefficient (Wildman–Crippen LogP) is 1.67. The highest BCUT2D eigenvalue weighted by atomic mass is 16.2. The third-order valence-corrected chi connectivity index (χ3v) is 5.20. The van der Waals surface area contributed by atoms with Crippen LogP contribution in [0.4, 0.5) is 5.69 Å². The first-order valence-corrected chi connectivity index (χ1v) is 8.60. The molecule has 1 aromatic carbocycles. The molecule has 1 aliphatic carbocycles. The van der Waals surface area contributed by atoms with Crippen molar-refractivity contribution >= 4 is 17.5 Å². The summed E-state index contributed by atoms with van der Waals surface area (Å²) in [7, 11) is 0. The van der Waals surface area contributed by atoms with Gasteiger partial charge in [0, 0.05) is 44.8 Å². The van der Waals surface area contributed by atoms with Crippen molar-refractivity contribution < 1.29 is 9.59 Å². The minimum Gasteiger partial charge on any atom is -0.340 e. The van der Waals surface area contributed by atoms with Crippen molar-refractivity contribution in [3.05, 3.63) is 29.8 Å². The molecule has 1 saturated heterocycles. The Hall–Kier alpha value is -1.88. The number of benzene rings is 1. The lowest BCUT2D eigenvalue weighted by atomic mass is 9.89. The maximum Gasteiger partial charge on any atom is 0.230 e. The monoisotopic (exact) mass is 313 g/mol. The highest BCUT2D eigenvalue weighted by molar-refractivity contribution is 6.01. The zero-order valence-electron chi connectivity index (χ0n) is 13.3. The van der Waals surface area contributed by atoms with E-state index in [9.17, 15) is 9.59 Å². The number of hydrogen-bond donors (Lipinski definition) is 1. The maximum absolute atomic E-state index is 12.9. The second kappa shape index (κ2) is 5.96. The third-order valence-electron chi connectivity index (χ3n) is 5.20. The molecule has 2 aliphatic heterocycles. The summed E-state index contributed by atoms with van der Waals surface area (Å²) in [4.78, 5) is 29.3. The van der Waals surface area contributed by atoms with Crippen molar-refractivity contribution in [2.24, 2.45) is 5.92 Å². The number of rotatable bonds is 3. The molecule has 2 fully saturated rings. The third kappa shape index (κ3) is 3.11. The Balaban J connectivity index is 1.44. The van der Waals surface area contributed by atoms with E-state index in [4.69, 9.17) is 0 Å². The minimum atomic E-state index is -0.324. The lowest BCUT2D eigenvalue weighted by Gasteiger charge is -2.37. The van der Waals surface area contributed by atoms with Crippen molar-refractivity contribution in [2.75, 3.05) is 38.0 Å². The van der Waals surface area contributed by atoms with Crippen LogP contribution in [-0.2, 0) is 9.59 Å². The average molecular weight is 313 g/mol. The molecule has 0 unspecified atom stereocenters. The molecule has 1 aromatic rings. The summed E-state index contributed by atoms with van der Waals surface area (Å²) in [6, 6.07) is 7.66.